The Morgan fingerprint density at radius 3 is 2.60 bits per heavy atom. The molecule has 0 fully saturated rings. The van der Waals surface area contributed by atoms with E-state index in [1.165, 1.54) is 18.2 Å². The lowest BCUT2D eigenvalue weighted by atomic mass is 10.0. The summed E-state index contributed by atoms with van der Waals surface area (Å²) in [6.45, 7) is 3.24. The van der Waals surface area contributed by atoms with E-state index < -0.39 is 16.8 Å². The summed E-state index contributed by atoms with van der Waals surface area (Å²) in [5.74, 6) is -1.52. The summed E-state index contributed by atoms with van der Waals surface area (Å²) in [6, 6.07) is 2.55. The number of amides is 1. The lowest BCUT2D eigenvalue weighted by molar-refractivity contribution is -0.384. The number of H-pyrrole nitrogens is 1. The first-order valence-corrected chi connectivity index (χ1v) is 7.52. The number of anilines is 1. The summed E-state index contributed by atoms with van der Waals surface area (Å²) in [7, 11) is 0. The van der Waals surface area contributed by atoms with Crippen molar-refractivity contribution in [1.82, 2.24) is 4.98 Å². The predicted molar refractivity (Wildman–Crippen MR) is 91.8 cm³/mol. The standard InChI is InChI=1S/C16H12ClN3O5/c1-6-11(18-7(2)14(6)16(22)23)3-9-8-4-13(20(24)25)10(17)5-12(8)19-15(9)21/h3-5,18H,1-2H3,(H,19,21)(H,22,23)/b9-3-. The van der Waals surface area contributed by atoms with Crippen LogP contribution in [0, 0.1) is 24.0 Å². The predicted octanol–water partition coefficient (Wildman–Crippen LogP) is 3.38. The summed E-state index contributed by atoms with van der Waals surface area (Å²) < 4.78 is 0. The Kier molecular flexibility index (Phi) is 3.84. The number of fused-ring (bicyclic) bond motifs is 1. The zero-order valence-electron chi connectivity index (χ0n) is 13.1. The van der Waals surface area contributed by atoms with E-state index in [1.54, 1.807) is 13.8 Å². The maximum absolute atomic E-state index is 12.2. The summed E-state index contributed by atoms with van der Waals surface area (Å²) in [5.41, 5.74) is 2.10. The molecule has 0 atom stereocenters. The minimum absolute atomic E-state index is 0.0784. The van der Waals surface area contributed by atoms with Gasteiger partial charge in [0, 0.05) is 23.0 Å². The normalized spacial score (nSPS) is 14.5. The number of hydrogen-bond donors (Lipinski definition) is 3. The molecule has 3 N–H and O–H groups in total. The van der Waals surface area contributed by atoms with Crippen molar-refractivity contribution in [1.29, 1.82) is 0 Å². The molecule has 1 amide bonds. The molecule has 1 aliphatic rings. The number of nitrogens with zero attached hydrogens (tertiary/aromatic N) is 1. The van der Waals surface area contributed by atoms with Gasteiger partial charge in [0.15, 0.2) is 0 Å². The Morgan fingerprint density at radius 1 is 1.36 bits per heavy atom. The highest BCUT2D eigenvalue weighted by Crippen LogP contribution is 2.39. The highest BCUT2D eigenvalue weighted by molar-refractivity contribution is 6.37. The smallest absolute Gasteiger partial charge is 0.337 e. The molecule has 0 radical (unpaired) electrons. The van der Waals surface area contributed by atoms with Gasteiger partial charge in [0.2, 0.25) is 0 Å². The Bertz CT molecular complexity index is 990. The second-order valence-electron chi connectivity index (χ2n) is 5.59. The van der Waals surface area contributed by atoms with E-state index in [0.717, 1.165) is 0 Å². The number of rotatable bonds is 3. The first kappa shape index (κ1) is 16.7. The molecule has 0 saturated heterocycles. The highest BCUT2D eigenvalue weighted by atomic mass is 35.5. The van der Waals surface area contributed by atoms with Crippen molar-refractivity contribution in [3.8, 4) is 0 Å². The van der Waals surface area contributed by atoms with Crippen molar-refractivity contribution in [2.24, 2.45) is 0 Å². The molecule has 1 aliphatic heterocycles. The molecule has 0 saturated carbocycles. The van der Waals surface area contributed by atoms with Gasteiger partial charge in [0.25, 0.3) is 11.6 Å². The van der Waals surface area contributed by atoms with E-state index in [1.807, 2.05) is 0 Å². The Hall–Kier alpha value is -3.13. The number of benzene rings is 1. The summed E-state index contributed by atoms with van der Waals surface area (Å²) in [5, 5.41) is 22.8. The van der Waals surface area contributed by atoms with Crippen LogP contribution in [0.3, 0.4) is 0 Å². The first-order chi connectivity index (χ1) is 11.7. The second kappa shape index (κ2) is 5.75. The van der Waals surface area contributed by atoms with Crippen LogP contribution >= 0.6 is 11.6 Å². The fourth-order valence-corrected chi connectivity index (χ4v) is 3.10. The third-order valence-electron chi connectivity index (χ3n) is 4.05. The van der Waals surface area contributed by atoms with Gasteiger partial charge in [0.1, 0.15) is 5.02 Å². The van der Waals surface area contributed by atoms with Crippen LogP contribution in [0.1, 0.15) is 32.9 Å². The van der Waals surface area contributed by atoms with Gasteiger partial charge in [-0.2, -0.15) is 0 Å². The zero-order valence-corrected chi connectivity index (χ0v) is 13.9. The molecule has 1 aromatic carbocycles. The molecule has 1 aromatic heterocycles. The quantitative estimate of drug-likeness (QED) is 0.439. The van der Waals surface area contributed by atoms with Crippen molar-refractivity contribution in [2.75, 3.05) is 5.32 Å². The lowest BCUT2D eigenvalue weighted by Gasteiger charge is -2.01. The SMILES string of the molecule is Cc1[nH]c(/C=C2\C(=O)Nc3cc(Cl)c([N+](=O)[O-])cc32)c(C)c1C(=O)O. The molecule has 25 heavy (non-hydrogen) atoms. The third kappa shape index (κ3) is 2.66. The third-order valence-corrected chi connectivity index (χ3v) is 4.35. The number of hydrogen-bond acceptors (Lipinski definition) is 4. The van der Waals surface area contributed by atoms with E-state index in [0.29, 0.717) is 28.2 Å². The second-order valence-corrected chi connectivity index (χ2v) is 5.99. The van der Waals surface area contributed by atoms with Crippen LogP contribution in [0.5, 0.6) is 0 Å². The van der Waals surface area contributed by atoms with Gasteiger partial charge in [0.05, 0.1) is 21.7 Å². The van der Waals surface area contributed by atoms with Gasteiger partial charge < -0.3 is 15.4 Å². The highest BCUT2D eigenvalue weighted by Gasteiger charge is 2.29. The van der Waals surface area contributed by atoms with Gasteiger partial charge in [-0.15, -0.1) is 0 Å². The molecule has 2 heterocycles. The van der Waals surface area contributed by atoms with E-state index >= 15 is 0 Å². The maximum Gasteiger partial charge on any atom is 0.337 e. The molecule has 128 valence electrons. The molecule has 8 nitrogen and oxygen atoms in total. The fraction of sp³-hybridized carbons (Fsp3) is 0.125. The molecular weight excluding hydrogens is 350 g/mol. The van der Waals surface area contributed by atoms with E-state index in [2.05, 4.69) is 10.3 Å². The number of aromatic nitrogens is 1. The van der Waals surface area contributed by atoms with Crippen molar-refractivity contribution >= 4 is 46.5 Å². The minimum atomic E-state index is -1.07. The summed E-state index contributed by atoms with van der Waals surface area (Å²) >= 11 is 5.86. The number of aryl methyl sites for hydroxylation is 1. The van der Waals surface area contributed by atoms with Crippen molar-refractivity contribution in [3.63, 3.8) is 0 Å². The Balaban J connectivity index is 2.18. The number of carbonyl (C=O) groups excluding carboxylic acids is 1. The topological polar surface area (TPSA) is 125 Å². The number of nitro benzene ring substituents is 1. The van der Waals surface area contributed by atoms with Gasteiger partial charge in [-0.1, -0.05) is 11.6 Å². The average molecular weight is 362 g/mol. The number of aromatic carboxylic acids is 1. The maximum atomic E-state index is 12.2. The molecule has 0 aliphatic carbocycles. The minimum Gasteiger partial charge on any atom is -0.478 e. The molecule has 0 spiro atoms. The lowest BCUT2D eigenvalue weighted by Crippen LogP contribution is -2.03. The van der Waals surface area contributed by atoms with Gasteiger partial charge in [-0.05, 0) is 31.6 Å². The zero-order chi connectivity index (χ0) is 18.5. The number of nitrogens with one attached hydrogen (secondary N) is 2. The number of nitro groups is 1. The number of carboxylic acids is 1. The summed E-state index contributed by atoms with van der Waals surface area (Å²) in [6.07, 6.45) is 1.48. The number of carboxylic acid groups (broad SMARTS) is 1. The largest absolute Gasteiger partial charge is 0.478 e. The molecule has 3 rings (SSSR count). The molecule has 0 unspecified atom stereocenters. The first-order valence-electron chi connectivity index (χ1n) is 7.14. The molecule has 9 heteroatoms. The number of halogens is 1. The van der Waals surface area contributed by atoms with Gasteiger partial charge >= 0.3 is 5.97 Å². The fourth-order valence-electron chi connectivity index (χ4n) is 2.87. The Labute approximate surface area is 146 Å². The molecule has 2 aromatic rings. The Morgan fingerprint density at radius 2 is 2.04 bits per heavy atom. The van der Waals surface area contributed by atoms with Crippen molar-refractivity contribution in [3.05, 3.63) is 55.3 Å². The van der Waals surface area contributed by atoms with Crippen LogP contribution in [-0.2, 0) is 4.79 Å². The van der Waals surface area contributed by atoms with Crippen LogP contribution in [-0.4, -0.2) is 26.9 Å². The average Bonchev–Trinajstić information content (AvgIpc) is 2.95. The van der Waals surface area contributed by atoms with Crippen LogP contribution in [0.25, 0.3) is 11.6 Å². The van der Waals surface area contributed by atoms with Crippen LogP contribution < -0.4 is 5.32 Å². The van der Waals surface area contributed by atoms with Crippen molar-refractivity contribution < 1.29 is 19.6 Å². The van der Waals surface area contributed by atoms with Crippen LogP contribution in [0.15, 0.2) is 12.1 Å². The van der Waals surface area contributed by atoms with E-state index in [-0.39, 0.29) is 21.8 Å². The summed E-state index contributed by atoms with van der Waals surface area (Å²) in [4.78, 5) is 36.9. The van der Waals surface area contributed by atoms with E-state index in [4.69, 9.17) is 11.6 Å². The monoisotopic (exact) mass is 361 g/mol. The van der Waals surface area contributed by atoms with Crippen molar-refractivity contribution in [2.45, 2.75) is 13.8 Å². The van der Waals surface area contributed by atoms with Gasteiger partial charge in [-0.25, -0.2) is 4.79 Å². The van der Waals surface area contributed by atoms with Gasteiger partial charge in [-0.3, -0.25) is 14.9 Å². The van der Waals surface area contributed by atoms with Crippen LogP contribution in [0.2, 0.25) is 5.02 Å². The number of carbonyl (C=O) groups is 2. The molecular formula is C16H12ClN3O5. The number of aromatic amines is 1. The van der Waals surface area contributed by atoms with Crippen LogP contribution in [0.4, 0.5) is 11.4 Å². The molecule has 0 bridgehead atoms. The van der Waals surface area contributed by atoms with E-state index in [9.17, 15) is 24.8 Å².